The maximum atomic E-state index is 13.2. The summed E-state index contributed by atoms with van der Waals surface area (Å²) < 4.78 is 26.3. The van der Waals surface area contributed by atoms with Crippen LogP contribution >= 0.6 is 0 Å². The predicted octanol–water partition coefficient (Wildman–Crippen LogP) is 0.973. The average Bonchev–Trinajstić information content (AvgIpc) is 3.02. The van der Waals surface area contributed by atoms with E-state index in [-0.39, 0.29) is 10.8 Å². The van der Waals surface area contributed by atoms with Gasteiger partial charge in [-0.25, -0.2) is 12.7 Å². The number of carbonyl (C=O) groups is 1. The van der Waals surface area contributed by atoms with Crippen molar-refractivity contribution in [1.82, 2.24) is 14.5 Å². The van der Waals surface area contributed by atoms with Gasteiger partial charge >= 0.3 is 0 Å². The average molecular weight is 381 g/mol. The van der Waals surface area contributed by atoms with E-state index in [9.17, 15) is 13.2 Å². The number of nitrogens with zero attached hydrogens (tertiary/aromatic N) is 3. The second-order valence-corrected chi connectivity index (χ2v) is 9.21. The van der Waals surface area contributed by atoms with Gasteiger partial charge in [-0.2, -0.15) is 0 Å². The standard InChI is InChI=1S/C18H28N4O3S/c1-20(2)26(24,25)15-6-7-17(21-10-3-4-11-21)16(14-15)18(23)22-12-5-8-19-9-13-22/h6-7,14,19H,3-5,8-13H2,1-2H3. The van der Waals surface area contributed by atoms with Gasteiger partial charge in [0.25, 0.3) is 5.91 Å². The molecule has 1 aromatic carbocycles. The second kappa shape index (κ2) is 7.94. The molecule has 8 heteroatoms. The lowest BCUT2D eigenvalue weighted by atomic mass is 10.1. The summed E-state index contributed by atoms with van der Waals surface area (Å²) in [5.74, 6) is -0.0774. The van der Waals surface area contributed by atoms with Gasteiger partial charge in [-0.15, -0.1) is 0 Å². The molecule has 0 unspecified atom stereocenters. The van der Waals surface area contributed by atoms with Crippen LogP contribution in [0.5, 0.6) is 0 Å². The molecule has 2 aliphatic rings. The molecule has 7 nitrogen and oxygen atoms in total. The van der Waals surface area contributed by atoms with Gasteiger partial charge in [0.05, 0.1) is 10.5 Å². The third-order valence-corrected chi connectivity index (χ3v) is 6.86. The van der Waals surface area contributed by atoms with E-state index in [0.29, 0.717) is 18.7 Å². The number of rotatable bonds is 4. The van der Waals surface area contributed by atoms with Crippen LogP contribution in [-0.4, -0.2) is 76.9 Å². The zero-order valence-electron chi connectivity index (χ0n) is 15.6. The molecule has 2 fully saturated rings. The van der Waals surface area contributed by atoms with Crippen molar-refractivity contribution in [2.24, 2.45) is 0 Å². The lowest BCUT2D eigenvalue weighted by molar-refractivity contribution is 0.0766. The fraction of sp³-hybridized carbons (Fsp3) is 0.611. The molecule has 2 heterocycles. The van der Waals surface area contributed by atoms with Crippen molar-refractivity contribution in [2.45, 2.75) is 24.2 Å². The first-order chi connectivity index (χ1) is 12.4. The van der Waals surface area contributed by atoms with E-state index in [0.717, 1.165) is 51.1 Å². The fourth-order valence-corrected chi connectivity index (χ4v) is 4.44. The molecule has 1 amide bonds. The molecule has 0 radical (unpaired) electrons. The van der Waals surface area contributed by atoms with E-state index in [1.54, 1.807) is 18.2 Å². The van der Waals surface area contributed by atoms with Crippen LogP contribution in [0.2, 0.25) is 0 Å². The number of nitrogens with one attached hydrogen (secondary N) is 1. The monoisotopic (exact) mass is 380 g/mol. The Morgan fingerprint density at radius 3 is 2.46 bits per heavy atom. The highest BCUT2D eigenvalue weighted by Gasteiger charge is 2.27. The number of sulfonamides is 1. The third kappa shape index (κ3) is 3.87. The first-order valence-electron chi connectivity index (χ1n) is 9.23. The molecule has 1 aromatic rings. The first-order valence-corrected chi connectivity index (χ1v) is 10.7. The Kier molecular flexibility index (Phi) is 5.84. The molecule has 0 saturated carbocycles. The number of hydrogen-bond donors (Lipinski definition) is 1. The summed E-state index contributed by atoms with van der Waals surface area (Å²) in [4.78, 5) is 17.4. The van der Waals surface area contributed by atoms with E-state index in [2.05, 4.69) is 10.2 Å². The van der Waals surface area contributed by atoms with E-state index >= 15 is 0 Å². The summed E-state index contributed by atoms with van der Waals surface area (Å²) >= 11 is 0. The highest BCUT2D eigenvalue weighted by atomic mass is 32.2. The Hall–Kier alpha value is -1.64. The summed E-state index contributed by atoms with van der Waals surface area (Å²) in [7, 11) is -0.568. The van der Waals surface area contributed by atoms with Crippen LogP contribution in [0.3, 0.4) is 0 Å². The van der Waals surface area contributed by atoms with Crippen molar-refractivity contribution in [2.75, 3.05) is 58.3 Å². The zero-order valence-corrected chi connectivity index (χ0v) is 16.4. The van der Waals surface area contributed by atoms with Gasteiger partial charge < -0.3 is 15.1 Å². The van der Waals surface area contributed by atoms with Crippen LogP contribution in [0.25, 0.3) is 0 Å². The van der Waals surface area contributed by atoms with Gasteiger partial charge in [-0.05, 0) is 44.0 Å². The highest BCUT2D eigenvalue weighted by molar-refractivity contribution is 7.89. The minimum atomic E-state index is -3.58. The fourth-order valence-electron chi connectivity index (χ4n) is 3.51. The Morgan fingerprint density at radius 1 is 1.04 bits per heavy atom. The van der Waals surface area contributed by atoms with Gasteiger partial charge in [0, 0.05) is 52.5 Å². The van der Waals surface area contributed by atoms with Crippen molar-refractivity contribution in [3.63, 3.8) is 0 Å². The Bertz CT molecular complexity index is 750. The zero-order chi connectivity index (χ0) is 18.7. The lowest BCUT2D eigenvalue weighted by Gasteiger charge is -2.26. The van der Waals surface area contributed by atoms with Crippen molar-refractivity contribution >= 4 is 21.6 Å². The molecule has 2 saturated heterocycles. The summed E-state index contributed by atoms with van der Waals surface area (Å²) in [6, 6.07) is 4.97. The molecule has 0 aliphatic carbocycles. The Morgan fingerprint density at radius 2 is 1.77 bits per heavy atom. The predicted molar refractivity (Wildman–Crippen MR) is 102 cm³/mol. The summed E-state index contributed by atoms with van der Waals surface area (Å²) in [6.07, 6.45) is 3.10. The minimum Gasteiger partial charge on any atom is -0.371 e. The van der Waals surface area contributed by atoms with Crippen LogP contribution in [0.4, 0.5) is 5.69 Å². The summed E-state index contributed by atoms with van der Waals surface area (Å²) in [5, 5.41) is 3.30. The molecule has 0 spiro atoms. The summed E-state index contributed by atoms with van der Waals surface area (Å²) in [5.41, 5.74) is 1.35. The third-order valence-electron chi connectivity index (χ3n) is 5.05. The number of hydrogen-bond acceptors (Lipinski definition) is 5. The van der Waals surface area contributed by atoms with E-state index in [1.165, 1.54) is 18.4 Å². The molecule has 2 aliphatic heterocycles. The van der Waals surface area contributed by atoms with Crippen molar-refractivity contribution in [1.29, 1.82) is 0 Å². The molecule has 144 valence electrons. The van der Waals surface area contributed by atoms with E-state index in [1.807, 2.05) is 4.90 Å². The summed E-state index contributed by atoms with van der Waals surface area (Å²) in [6.45, 7) is 4.81. The molecule has 26 heavy (non-hydrogen) atoms. The van der Waals surface area contributed by atoms with Gasteiger partial charge in [0.2, 0.25) is 10.0 Å². The smallest absolute Gasteiger partial charge is 0.256 e. The maximum Gasteiger partial charge on any atom is 0.256 e. The van der Waals surface area contributed by atoms with Crippen molar-refractivity contribution in [3.8, 4) is 0 Å². The maximum absolute atomic E-state index is 13.2. The van der Waals surface area contributed by atoms with E-state index < -0.39 is 10.0 Å². The topological polar surface area (TPSA) is 73.0 Å². The van der Waals surface area contributed by atoms with Crippen molar-refractivity contribution in [3.05, 3.63) is 23.8 Å². The van der Waals surface area contributed by atoms with Crippen LogP contribution in [0, 0.1) is 0 Å². The van der Waals surface area contributed by atoms with Gasteiger partial charge in [-0.3, -0.25) is 4.79 Å². The van der Waals surface area contributed by atoms with Gasteiger partial charge in [-0.1, -0.05) is 0 Å². The molecular formula is C18H28N4O3S. The number of amides is 1. The lowest BCUT2D eigenvalue weighted by Crippen LogP contribution is -2.35. The Labute approximate surface area is 156 Å². The minimum absolute atomic E-state index is 0.0774. The molecule has 0 aromatic heterocycles. The number of carbonyl (C=O) groups excluding carboxylic acids is 1. The van der Waals surface area contributed by atoms with Crippen molar-refractivity contribution < 1.29 is 13.2 Å². The van der Waals surface area contributed by atoms with Gasteiger partial charge in [0.15, 0.2) is 0 Å². The van der Waals surface area contributed by atoms with Crippen LogP contribution in [-0.2, 0) is 10.0 Å². The molecule has 3 rings (SSSR count). The molecule has 0 atom stereocenters. The van der Waals surface area contributed by atoms with E-state index in [4.69, 9.17) is 0 Å². The van der Waals surface area contributed by atoms with Gasteiger partial charge in [0.1, 0.15) is 0 Å². The first kappa shape index (κ1) is 19.1. The molecule has 0 bridgehead atoms. The normalized spacial score (nSPS) is 19.0. The SMILES string of the molecule is CN(C)S(=O)(=O)c1ccc(N2CCCC2)c(C(=O)N2CCCNCC2)c1. The number of anilines is 1. The highest BCUT2D eigenvalue weighted by Crippen LogP contribution is 2.29. The van der Waals surface area contributed by atoms with Crippen LogP contribution < -0.4 is 10.2 Å². The second-order valence-electron chi connectivity index (χ2n) is 7.06. The van der Waals surface area contributed by atoms with Crippen LogP contribution in [0.1, 0.15) is 29.6 Å². The number of benzene rings is 1. The van der Waals surface area contributed by atoms with Crippen LogP contribution in [0.15, 0.2) is 23.1 Å². The quantitative estimate of drug-likeness (QED) is 0.843. The molecular weight excluding hydrogens is 352 g/mol. The Balaban J connectivity index is 2.01. The largest absolute Gasteiger partial charge is 0.371 e. The molecule has 1 N–H and O–H groups in total.